The first-order chi connectivity index (χ1) is 12.7. The van der Waals surface area contributed by atoms with Crippen LogP contribution in [0.1, 0.15) is 52.4 Å². The van der Waals surface area contributed by atoms with Crippen LogP contribution in [0.5, 0.6) is 0 Å². The van der Waals surface area contributed by atoms with E-state index in [2.05, 4.69) is 19.9 Å². The van der Waals surface area contributed by atoms with Crippen molar-refractivity contribution in [1.82, 2.24) is 4.90 Å². The van der Waals surface area contributed by atoms with Gasteiger partial charge >= 0.3 is 5.97 Å². The van der Waals surface area contributed by atoms with Gasteiger partial charge in [0.05, 0.1) is 7.11 Å². The second-order valence-corrected chi connectivity index (χ2v) is 9.77. The third-order valence-corrected chi connectivity index (χ3v) is 8.98. The van der Waals surface area contributed by atoms with Gasteiger partial charge in [0.15, 0.2) is 0 Å². The van der Waals surface area contributed by atoms with E-state index in [1.54, 1.807) is 6.08 Å². The Morgan fingerprint density at radius 1 is 1.22 bits per heavy atom. The van der Waals surface area contributed by atoms with Crippen molar-refractivity contribution in [2.45, 2.75) is 64.6 Å². The zero-order valence-electron chi connectivity index (χ0n) is 16.9. The Labute approximate surface area is 161 Å². The molecule has 1 heterocycles. The van der Waals surface area contributed by atoms with E-state index < -0.39 is 12.1 Å². The first kappa shape index (κ1) is 18.9. The predicted octanol–water partition coefficient (Wildman–Crippen LogP) is 3.75. The summed E-state index contributed by atoms with van der Waals surface area (Å²) in [5.41, 5.74) is -0.124. The van der Waals surface area contributed by atoms with Crippen LogP contribution in [-0.2, 0) is 14.3 Å². The van der Waals surface area contributed by atoms with Gasteiger partial charge in [0.1, 0.15) is 0 Å². The van der Waals surface area contributed by atoms with Crippen LogP contribution in [0.25, 0.3) is 0 Å². The Balaban J connectivity index is 1.62. The van der Waals surface area contributed by atoms with E-state index in [0.29, 0.717) is 17.8 Å². The molecule has 3 fully saturated rings. The van der Waals surface area contributed by atoms with Crippen LogP contribution in [-0.4, -0.2) is 43.1 Å². The number of ether oxygens (including phenoxy) is 1. The van der Waals surface area contributed by atoms with E-state index in [1.807, 2.05) is 11.9 Å². The number of hydrogen-bond acceptors (Lipinski definition) is 3. The lowest BCUT2D eigenvalue weighted by atomic mass is 9.47. The summed E-state index contributed by atoms with van der Waals surface area (Å²) in [6.07, 6.45) is 8.28. The molecule has 0 aromatic heterocycles. The molecule has 4 rings (SSSR count). The van der Waals surface area contributed by atoms with Crippen LogP contribution >= 0.6 is 0 Å². The third-order valence-electron chi connectivity index (χ3n) is 8.98. The van der Waals surface area contributed by atoms with Crippen molar-refractivity contribution in [3.63, 3.8) is 0 Å². The van der Waals surface area contributed by atoms with E-state index >= 15 is 0 Å². The Hall–Kier alpha value is -1.39. The summed E-state index contributed by atoms with van der Waals surface area (Å²) < 4.78 is 19.6. The fourth-order valence-corrected chi connectivity index (χ4v) is 7.54. The van der Waals surface area contributed by atoms with Gasteiger partial charge < -0.3 is 9.64 Å². The average molecular weight is 378 g/mol. The molecule has 1 amide bonds. The summed E-state index contributed by atoms with van der Waals surface area (Å²) in [7, 11) is 3.20. The molecule has 4 nitrogen and oxygen atoms in total. The first-order valence-corrected chi connectivity index (χ1v) is 10.4. The van der Waals surface area contributed by atoms with Crippen LogP contribution in [0.4, 0.5) is 4.39 Å². The van der Waals surface area contributed by atoms with Gasteiger partial charge in [0.2, 0.25) is 12.1 Å². The van der Waals surface area contributed by atoms with E-state index in [9.17, 15) is 14.0 Å². The number of fused-ring (bicyclic) bond motifs is 5. The summed E-state index contributed by atoms with van der Waals surface area (Å²) in [5, 5.41) is 0. The van der Waals surface area contributed by atoms with E-state index in [1.165, 1.54) is 7.11 Å². The van der Waals surface area contributed by atoms with Crippen LogP contribution < -0.4 is 0 Å². The molecule has 8 unspecified atom stereocenters. The smallest absolute Gasteiger partial charge is 0.340 e. The largest absolute Gasteiger partial charge is 0.467 e. The summed E-state index contributed by atoms with van der Waals surface area (Å²) in [6, 6.07) is 0.266. The number of halogens is 1. The maximum absolute atomic E-state index is 14.9. The first-order valence-electron chi connectivity index (χ1n) is 10.4. The minimum atomic E-state index is -1.51. The van der Waals surface area contributed by atoms with Crippen molar-refractivity contribution in [3.05, 3.63) is 12.2 Å². The fraction of sp³-hybridized carbons (Fsp3) is 0.818. The lowest BCUT2D eigenvalue weighted by Gasteiger charge is -2.60. The van der Waals surface area contributed by atoms with Crippen LogP contribution in [0.3, 0.4) is 0 Å². The SMILES string of the molecule is COC(=O)C(F)C1CCC2C3CCC4N(C)C(=O)C=CC4(C)C3CCC12C. The lowest BCUT2D eigenvalue weighted by Crippen LogP contribution is -2.59. The number of carbonyl (C=O) groups is 2. The summed E-state index contributed by atoms with van der Waals surface area (Å²) in [6.45, 7) is 4.53. The normalized spacial score (nSPS) is 47.1. The molecule has 0 bridgehead atoms. The van der Waals surface area contributed by atoms with Gasteiger partial charge in [0, 0.05) is 24.4 Å². The van der Waals surface area contributed by atoms with Crippen molar-refractivity contribution < 1.29 is 18.7 Å². The van der Waals surface area contributed by atoms with Crippen molar-refractivity contribution in [1.29, 1.82) is 0 Å². The average Bonchev–Trinajstić information content (AvgIpc) is 3.01. The van der Waals surface area contributed by atoms with Crippen LogP contribution in [0, 0.1) is 34.5 Å². The maximum Gasteiger partial charge on any atom is 0.340 e. The van der Waals surface area contributed by atoms with Crippen molar-refractivity contribution >= 4 is 11.9 Å². The second kappa shape index (κ2) is 6.31. The number of rotatable bonds is 2. The molecule has 8 atom stereocenters. The topological polar surface area (TPSA) is 46.6 Å². The number of hydrogen-bond donors (Lipinski definition) is 0. The monoisotopic (exact) mass is 377 g/mol. The lowest BCUT2D eigenvalue weighted by molar-refractivity contribution is -0.153. The highest BCUT2D eigenvalue weighted by atomic mass is 19.1. The number of esters is 1. The number of likely N-dealkylation sites (N-methyl/N-ethyl adjacent to an activating group) is 1. The molecule has 0 N–H and O–H groups in total. The third kappa shape index (κ3) is 2.52. The van der Waals surface area contributed by atoms with Gasteiger partial charge in [-0.25, -0.2) is 9.18 Å². The standard InChI is InChI=1S/C22H32FNO3/c1-21-11-9-15-13(14(21)6-7-16(21)19(23)20(26)27-4)5-8-17-22(15,2)12-10-18(25)24(17)3/h10,12-17,19H,5-9,11H2,1-4H3. The summed E-state index contributed by atoms with van der Waals surface area (Å²) >= 11 is 0. The highest BCUT2D eigenvalue weighted by Crippen LogP contribution is 2.66. The molecular weight excluding hydrogens is 345 g/mol. The minimum absolute atomic E-state index is 0.00244. The molecule has 27 heavy (non-hydrogen) atoms. The van der Waals surface area contributed by atoms with E-state index in [4.69, 9.17) is 4.74 Å². The Morgan fingerprint density at radius 2 is 1.96 bits per heavy atom. The van der Waals surface area contributed by atoms with Gasteiger partial charge in [-0.05, 0) is 67.8 Å². The molecule has 3 saturated carbocycles. The number of methoxy groups -OCH3 is 1. The van der Waals surface area contributed by atoms with Gasteiger partial charge in [-0.2, -0.15) is 0 Å². The molecule has 1 aliphatic heterocycles. The molecule has 3 aliphatic carbocycles. The highest BCUT2D eigenvalue weighted by Gasteiger charge is 2.62. The van der Waals surface area contributed by atoms with Gasteiger partial charge in [-0.1, -0.05) is 19.9 Å². The molecule has 0 aromatic rings. The quantitative estimate of drug-likeness (QED) is 0.689. The van der Waals surface area contributed by atoms with E-state index in [0.717, 1.165) is 38.5 Å². The predicted molar refractivity (Wildman–Crippen MR) is 100 cm³/mol. The zero-order valence-corrected chi connectivity index (χ0v) is 16.9. The molecule has 0 radical (unpaired) electrons. The number of alkyl halides is 1. The molecule has 150 valence electrons. The van der Waals surface area contributed by atoms with Gasteiger partial charge in [-0.3, -0.25) is 4.79 Å². The minimum Gasteiger partial charge on any atom is -0.467 e. The fourth-order valence-electron chi connectivity index (χ4n) is 7.54. The van der Waals surface area contributed by atoms with Crippen LogP contribution in [0.15, 0.2) is 12.2 Å². The summed E-state index contributed by atoms with van der Waals surface area (Å²) in [4.78, 5) is 25.9. The van der Waals surface area contributed by atoms with Crippen LogP contribution in [0.2, 0.25) is 0 Å². The van der Waals surface area contributed by atoms with Crippen molar-refractivity contribution in [3.8, 4) is 0 Å². The number of amides is 1. The van der Waals surface area contributed by atoms with Gasteiger partial charge in [0.25, 0.3) is 0 Å². The molecule has 0 saturated heterocycles. The Morgan fingerprint density at radius 3 is 2.67 bits per heavy atom. The highest BCUT2D eigenvalue weighted by molar-refractivity contribution is 5.89. The molecular formula is C22H32FNO3. The number of nitrogens with zero attached hydrogens (tertiary/aromatic N) is 1. The molecule has 5 heteroatoms. The molecule has 0 spiro atoms. The van der Waals surface area contributed by atoms with E-state index in [-0.39, 0.29) is 28.7 Å². The number of carbonyl (C=O) groups excluding carboxylic acids is 2. The molecule has 0 aromatic carbocycles. The zero-order chi connectivity index (χ0) is 19.6. The maximum atomic E-state index is 14.9. The molecule has 4 aliphatic rings. The van der Waals surface area contributed by atoms with Gasteiger partial charge in [-0.15, -0.1) is 0 Å². The Bertz CT molecular complexity index is 678. The summed E-state index contributed by atoms with van der Waals surface area (Å²) in [5.74, 6) is 0.693. The van der Waals surface area contributed by atoms with Crippen molar-refractivity contribution in [2.24, 2.45) is 34.5 Å². The van der Waals surface area contributed by atoms with Crippen molar-refractivity contribution in [2.75, 3.05) is 14.2 Å². The second-order valence-electron chi connectivity index (χ2n) is 9.77. The Kier molecular flexibility index (Phi) is 4.43.